The molecule has 2 rings (SSSR count). The van der Waals surface area contributed by atoms with E-state index in [0.717, 1.165) is 13.1 Å². The van der Waals surface area contributed by atoms with Crippen molar-refractivity contribution in [2.45, 2.75) is 31.3 Å². The molecular formula is C11H18Cl2N2O. The van der Waals surface area contributed by atoms with E-state index in [0.29, 0.717) is 12.1 Å². The van der Waals surface area contributed by atoms with Gasteiger partial charge in [0.05, 0.1) is 5.34 Å². The van der Waals surface area contributed by atoms with Crippen LogP contribution in [-0.2, 0) is 4.79 Å². The number of nitrogens with zero attached hydrogens (tertiary/aromatic N) is 1. The monoisotopic (exact) mass is 264 g/mol. The first-order valence-corrected chi connectivity index (χ1v) is 6.57. The Hall–Kier alpha value is -0.250. The maximum atomic E-state index is 11.4. The highest BCUT2D eigenvalue weighted by molar-refractivity contribution is 6.40. The normalized spacial score (nSPS) is 27.8. The molecule has 2 aliphatic rings. The summed E-state index contributed by atoms with van der Waals surface area (Å²) in [5.74, 6) is 0.0819. The maximum absolute atomic E-state index is 11.4. The van der Waals surface area contributed by atoms with Crippen LogP contribution in [0.5, 0.6) is 0 Å². The smallest absolute Gasteiger partial charge is 0.246 e. The van der Waals surface area contributed by atoms with Crippen LogP contribution in [0.15, 0.2) is 12.7 Å². The summed E-state index contributed by atoms with van der Waals surface area (Å²) in [4.78, 5) is 13.3. The van der Waals surface area contributed by atoms with E-state index >= 15 is 0 Å². The summed E-state index contributed by atoms with van der Waals surface area (Å²) in [6.45, 7) is 5.24. The van der Waals surface area contributed by atoms with Crippen molar-refractivity contribution in [3.8, 4) is 0 Å². The van der Waals surface area contributed by atoms with Crippen LogP contribution in [0.2, 0.25) is 0 Å². The number of fused-ring (bicyclic) bond motifs is 2. The van der Waals surface area contributed by atoms with Gasteiger partial charge in [-0.3, -0.25) is 4.79 Å². The van der Waals surface area contributed by atoms with E-state index in [-0.39, 0.29) is 11.2 Å². The van der Waals surface area contributed by atoms with Gasteiger partial charge in [-0.25, -0.2) is 0 Å². The summed E-state index contributed by atoms with van der Waals surface area (Å²) in [5, 5.41) is 3.73. The Balaban J connectivity index is 0.000000386. The van der Waals surface area contributed by atoms with Gasteiger partial charge in [0.15, 0.2) is 0 Å². The minimum Gasteiger partial charge on any atom is -0.336 e. The third kappa shape index (κ3) is 3.96. The molecule has 0 aliphatic carbocycles. The summed E-state index contributed by atoms with van der Waals surface area (Å²) in [5.41, 5.74) is 0. The Bertz CT molecular complexity index is 236. The molecule has 2 atom stereocenters. The molecule has 92 valence electrons. The van der Waals surface area contributed by atoms with Crippen molar-refractivity contribution < 1.29 is 4.79 Å². The fraction of sp³-hybridized carbons (Fsp3) is 0.727. The topological polar surface area (TPSA) is 32.3 Å². The molecule has 2 unspecified atom stereocenters. The zero-order valence-corrected chi connectivity index (χ0v) is 10.8. The number of piperidine rings is 1. The molecule has 0 spiro atoms. The van der Waals surface area contributed by atoms with Gasteiger partial charge in [-0.1, -0.05) is 13.0 Å². The van der Waals surface area contributed by atoms with Gasteiger partial charge in [-0.2, -0.15) is 0 Å². The number of rotatable bonds is 1. The highest BCUT2D eigenvalue weighted by Crippen LogP contribution is 2.19. The van der Waals surface area contributed by atoms with E-state index in [2.05, 4.69) is 11.9 Å². The average Bonchev–Trinajstić information content (AvgIpc) is 2.28. The predicted molar refractivity (Wildman–Crippen MR) is 67.9 cm³/mol. The maximum Gasteiger partial charge on any atom is 0.246 e. The van der Waals surface area contributed by atoms with Crippen molar-refractivity contribution in [3.63, 3.8) is 0 Å². The number of hydrogen-bond donors (Lipinski definition) is 1. The van der Waals surface area contributed by atoms with Crippen LogP contribution >= 0.6 is 23.2 Å². The molecule has 0 saturated carbocycles. The molecule has 3 nitrogen and oxygen atoms in total. The molecule has 2 fully saturated rings. The fourth-order valence-electron chi connectivity index (χ4n) is 2.31. The molecule has 0 radical (unpaired) electrons. The van der Waals surface area contributed by atoms with E-state index in [1.165, 1.54) is 25.3 Å². The summed E-state index contributed by atoms with van der Waals surface area (Å²) >= 11 is 9.53. The fourth-order valence-corrected chi connectivity index (χ4v) is 2.31. The quantitative estimate of drug-likeness (QED) is 0.580. The molecule has 2 aliphatic heterocycles. The minimum absolute atomic E-state index is 0.0819. The third-order valence-electron chi connectivity index (χ3n) is 2.94. The number of hydrogen-bond acceptors (Lipinski definition) is 2. The summed E-state index contributed by atoms with van der Waals surface area (Å²) < 4.78 is 0. The Kier molecular flexibility index (Phi) is 6.17. The van der Waals surface area contributed by atoms with E-state index < -0.39 is 0 Å². The van der Waals surface area contributed by atoms with Gasteiger partial charge in [0.1, 0.15) is 0 Å². The molecule has 1 amide bonds. The first kappa shape index (κ1) is 13.8. The second kappa shape index (κ2) is 7.15. The van der Waals surface area contributed by atoms with Crippen molar-refractivity contribution in [2.75, 3.05) is 18.4 Å². The highest BCUT2D eigenvalue weighted by atomic mass is 35.5. The first-order valence-electron chi connectivity index (χ1n) is 5.50. The first-order chi connectivity index (χ1) is 7.71. The number of likely N-dealkylation sites (tertiary alicyclic amines) is 1. The predicted octanol–water partition coefficient (Wildman–Crippen LogP) is 1.95. The molecule has 2 bridgehead atoms. The van der Waals surface area contributed by atoms with Crippen molar-refractivity contribution in [1.82, 2.24) is 10.2 Å². The molecule has 0 aromatic rings. The summed E-state index contributed by atoms with van der Waals surface area (Å²) in [7, 11) is 0. The minimum atomic E-state index is 0.0819. The van der Waals surface area contributed by atoms with Gasteiger partial charge < -0.3 is 10.2 Å². The molecule has 1 N–H and O–H groups in total. The van der Waals surface area contributed by atoms with Crippen LogP contribution in [0.1, 0.15) is 19.3 Å². The second-order valence-electron chi connectivity index (χ2n) is 4.04. The largest absolute Gasteiger partial charge is 0.336 e. The van der Waals surface area contributed by atoms with Crippen molar-refractivity contribution in [2.24, 2.45) is 0 Å². The van der Waals surface area contributed by atoms with Gasteiger partial charge in [-0.15, -0.1) is 23.2 Å². The highest BCUT2D eigenvalue weighted by Gasteiger charge is 2.30. The van der Waals surface area contributed by atoms with Crippen molar-refractivity contribution in [1.29, 1.82) is 0 Å². The molecule has 0 aromatic heterocycles. The SMILES string of the molecule is C=CC(=O)N1CC2CCCC(C1)N2.ClCCl. The number of carbonyl (C=O) groups excluding carboxylic acids is 1. The average molecular weight is 265 g/mol. The number of amides is 1. The van der Waals surface area contributed by atoms with Gasteiger partial charge in [-0.05, 0) is 18.9 Å². The second-order valence-corrected chi connectivity index (χ2v) is 4.85. The number of alkyl halides is 2. The van der Waals surface area contributed by atoms with Crippen LogP contribution in [0, 0.1) is 0 Å². The van der Waals surface area contributed by atoms with Crippen LogP contribution < -0.4 is 5.32 Å². The standard InChI is InChI=1S/C10H16N2O.CH2Cl2/c1-2-10(13)12-6-8-4-3-5-9(7-12)11-8;2-1-3/h2,8-9,11H,1,3-7H2;1H2. The number of halogens is 2. The van der Waals surface area contributed by atoms with Crippen molar-refractivity contribution >= 4 is 29.1 Å². The lowest BCUT2D eigenvalue weighted by Gasteiger charge is -2.42. The number of carbonyl (C=O) groups is 1. The van der Waals surface area contributed by atoms with E-state index in [1.807, 2.05) is 4.90 Å². The van der Waals surface area contributed by atoms with E-state index in [9.17, 15) is 4.79 Å². The van der Waals surface area contributed by atoms with E-state index in [4.69, 9.17) is 23.2 Å². The lowest BCUT2D eigenvalue weighted by molar-refractivity contribution is -0.128. The van der Waals surface area contributed by atoms with Gasteiger partial charge in [0, 0.05) is 25.2 Å². The van der Waals surface area contributed by atoms with Gasteiger partial charge >= 0.3 is 0 Å². The number of nitrogens with one attached hydrogen (secondary N) is 1. The molecule has 2 saturated heterocycles. The zero-order chi connectivity index (χ0) is 12.0. The van der Waals surface area contributed by atoms with Crippen LogP contribution in [0.4, 0.5) is 0 Å². The molecule has 0 aromatic carbocycles. The van der Waals surface area contributed by atoms with Crippen LogP contribution in [0.3, 0.4) is 0 Å². The van der Waals surface area contributed by atoms with Crippen LogP contribution in [0.25, 0.3) is 0 Å². The lowest BCUT2D eigenvalue weighted by Crippen LogP contribution is -2.59. The molecular weight excluding hydrogens is 247 g/mol. The number of piperazine rings is 1. The summed E-state index contributed by atoms with van der Waals surface area (Å²) in [6, 6.07) is 1.05. The molecule has 16 heavy (non-hydrogen) atoms. The molecule has 2 heterocycles. The Labute approximate surface area is 107 Å². The Morgan fingerprint density at radius 3 is 2.31 bits per heavy atom. The summed E-state index contributed by atoms with van der Waals surface area (Å²) in [6.07, 6.45) is 5.13. The van der Waals surface area contributed by atoms with E-state index in [1.54, 1.807) is 0 Å². The van der Waals surface area contributed by atoms with Crippen LogP contribution in [-0.4, -0.2) is 41.3 Å². The Morgan fingerprint density at radius 2 is 1.88 bits per heavy atom. The van der Waals surface area contributed by atoms with Gasteiger partial charge in [0.25, 0.3) is 0 Å². The van der Waals surface area contributed by atoms with Crippen molar-refractivity contribution in [3.05, 3.63) is 12.7 Å². The third-order valence-corrected chi connectivity index (χ3v) is 2.94. The molecule has 5 heteroatoms. The lowest BCUT2D eigenvalue weighted by atomic mass is 9.94. The van der Waals surface area contributed by atoms with Gasteiger partial charge in [0.2, 0.25) is 5.91 Å². The zero-order valence-electron chi connectivity index (χ0n) is 9.29. The Morgan fingerprint density at radius 1 is 1.38 bits per heavy atom.